The molecular weight excluding hydrogens is 519 g/mol. The van der Waals surface area contributed by atoms with Gasteiger partial charge in [-0.2, -0.15) is 18.4 Å². The lowest BCUT2D eigenvalue weighted by Crippen LogP contribution is -2.42. The van der Waals surface area contributed by atoms with Crippen molar-refractivity contribution in [1.82, 2.24) is 9.88 Å². The number of pyridine rings is 1. The van der Waals surface area contributed by atoms with Gasteiger partial charge in [-0.3, -0.25) is 4.98 Å². The topological polar surface area (TPSA) is 39.9 Å². The molecule has 1 aromatic heterocycles. The van der Waals surface area contributed by atoms with Gasteiger partial charge in [0.05, 0.1) is 17.3 Å². The molecule has 0 saturated carbocycles. The number of allylic oxidation sites excluding steroid dienone is 11. The Bertz CT molecular complexity index is 1270. The minimum Gasteiger partial charge on any atom is -0.372 e. The second kappa shape index (κ2) is 16.0. The van der Waals surface area contributed by atoms with Gasteiger partial charge in [-0.15, -0.1) is 0 Å². The molecule has 0 spiro atoms. The molecule has 222 valence electrons. The predicted molar refractivity (Wildman–Crippen MR) is 166 cm³/mol. The van der Waals surface area contributed by atoms with Gasteiger partial charge >= 0.3 is 6.18 Å². The zero-order chi connectivity index (χ0) is 31.4. The highest BCUT2D eigenvalue weighted by Gasteiger charge is 2.39. The number of hydrogen-bond donors (Lipinski definition) is 0. The molecule has 1 aliphatic heterocycles. The summed E-state index contributed by atoms with van der Waals surface area (Å²) >= 11 is 0. The third-order valence-electron chi connectivity index (χ3n) is 7.34. The van der Waals surface area contributed by atoms with Crippen molar-refractivity contribution in [2.45, 2.75) is 86.2 Å². The maximum absolute atomic E-state index is 12.8. The van der Waals surface area contributed by atoms with Gasteiger partial charge in [0.25, 0.3) is 0 Å². The number of piperidine rings is 1. The van der Waals surface area contributed by atoms with Crippen molar-refractivity contribution in [2.24, 2.45) is 0 Å². The van der Waals surface area contributed by atoms with E-state index in [0.29, 0.717) is 5.57 Å². The molecule has 3 rings (SSSR count). The van der Waals surface area contributed by atoms with E-state index in [1.807, 2.05) is 51.1 Å². The number of likely N-dealkylation sites (tertiary alicyclic amines) is 1. The number of nitriles is 1. The minimum absolute atomic E-state index is 0.0272. The van der Waals surface area contributed by atoms with Crippen LogP contribution in [0.3, 0.4) is 0 Å². The largest absolute Gasteiger partial charge is 0.416 e. The van der Waals surface area contributed by atoms with E-state index in [1.54, 1.807) is 19.2 Å². The fourth-order valence-electron chi connectivity index (χ4n) is 4.68. The Morgan fingerprint density at radius 3 is 2.15 bits per heavy atom. The molecule has 2 aliphatic rings. The Labute approximate surface area is 245 Å². The van der Waals surface area contributed by atoms with Crippen LogP contribution in [-0.2, 0) is 5.41 Å². The lowest BCUT2D eigenvalue weighted by Gasteiger charge is -2.39. The highest BCUT2D eigenvalue weighted by molar-refractivity contribution is 5.52. The summed E-state index contributed by atoms with van der Waals surface area (Å²) in [5.74, 6) is 0. The van der Waals surface area contributed by atoms with Gasteiger partial charge in [-0.05, 0) is 101 Å². The summed E-state index contributed by atoms with van der Waals surface area (Å²) in [5.41, 5.74) is 5.99. The summed E-state index contributed by atoms with van der Waals surface area (Å²) in [5, 5.41) is 9.80. The fraction of sp³-hybridized carbons (Fsp3) is 0.429. The molecule has 1 fully saturated rings. The molecule has 0 radical (unpaired) electrons. The number of hydrogen-bond acceptors (Lipinski definition) is 3. The molecule has 0 N–H and O–H groups in total. The number of aryl methyl sites for hydroxylation is 1. The zero-order valence-corrected chi connectivity index (χ0v) is 26.0. The molecule has 6 heteroatoms. The Morgan fingerprint density at radius 2 is 1.73 bits per heavy atom. The summed E-state index contributed by atoms with van der Waals surface area (Å²) in [6.45, 7) is 24.8. The first kappa shape index (κ1) is 35.4. The second-order valence-electron chi connectivity index (χ2n) is 10.3. The van der Waals surface area contributed by atoms with Crippen molar-refractivity contribution in [1.29, 1.82) is 5.26 Å². The first-order valence-corrected chi connectivity index (χ1v) is 14.2. The van der Waals surface area contributed by atoms with Crippen LogP contribution in [0.5, 0.6) is 0 Å². The van der Waals surface area contributed by atoms with Crippen LogP contribution >= 0.6 is 0 Å². The Balaban J connectivity index is 0.000000399. The third kappa shape index (κ3) is 9.49. The maximum Gasteiger partial charge on any atom is 0.416 e. The quantitative estimate of drug-likeness (QED) is 0.322. The maximum atomic E-state index is 12.8. The van der Waals surface area contributed by atoms with Crippen molar-refractivity contribution in [2.75, 3.05) is 13.1 Å². The molecule has 1 aliphatic carbocycles. The summed E-state index contributed by atoms with van der Waals surface area (Å²) in [7, 11) is 0. The molecule has 2 heterocycles. The van der Waals surface area contributed by atoms with Gasteiger partial charge in [-0.1, -0.05) is 62.9 Å². The van der Waals surface area contributed by atoms with Crippen LogP contribution in [-0.4, -0.2) is 29.1 Å². The van der Waals surface area contributed by atoms with Crippen molar-refractivity contribution >= 4 is 0 Å². The number of rotatable bonds is 6. The van der Waals surface area contributed by atoms with Crippen LogP contribution in [0.4, 0.5) is 13.2 Å². The summed E-state index contributed by atoms with van der Waals surface area (Å²) in [6.07, 6.45) is 8.29. The van der Waals surface area contributed by atoms with Gasteiger partial charge in [0.1, 0.15) is 5.41 Å². The first-order valence-electron chi connectivity index (χ1n) is 14.2. The van der Waals surface area contributed by atoms with E-state index in [4.69, 9.17) is 0 Å². The number of aromatic nitrogens is 1. The van der Waals surface area contributed by atoms with Gasteiger partial charge < -0.3 is 4.90 Å². The van der Waals surface area contributed by atoms with E-state index in [9.17, 15) is 18.4 Å². The average Bonchev–Trinajstić information content (AvgIpc) is 3.48. The third-order valence-corrected chi connectivity index (χ3v) is 7.34. The van der Waals surface area contributed by atoms with Gasteiger partial charge in [0.2, 0.25) is 0 Å². The van der Waals surface area contributed by atoms with Gasteiger partial charge in [0.15, 0.2) is 0 Å². The second-order valence-corrected chi connectivity index (χ2v) is 10.3. The Kier molecular flexibility index (Phi) is 13.8. The summed E-state index contributed by atoms with van der Waals surface area (Å²) < 4.78 is 38.3. The fourth-order valence-corrected chi connectivity index (χ4v) is 4.68. The zero-order valence-electron chi connectivity index (χ0n) is 26.0. The lowest BCUT2D eigenvalue weighted by atomic mass is 9.75. The molecule has 0 unspecified atom stereocenters. The van der Waals surface area contributed by atoms with Crippen LogP contribution < -0.4 is 0 Å². The number of halogens is 3. The lowest BCUT2D eigenvalue weighted by molar-refractivity contribution is -0.0892. The van der Waals surface area contributed by atoms with Crippen molar-refractivity contribution in [3.8, 4) is 6.07 Å². The van der Waals surface area contributed by atoms with E-state index in [-0.39, 0.29) is 5.57 Å². The monoisotopic (exact) mass is 565 g/mol. The molecule has 3 nitrogen and oxygen atoms in total. The molecule has 1 aromatic rings. The molecule has 41 heavy (non-hydrogen) atoms. The van der Waals surface area contributed by atoms with E-state index >= 15 is 0 Å². The summed E-state index contributed by atoms with van der Waals surface area (Å²) in [4.78, 5) is 6.81. The van der Waals surface area contributed by atoms with Crippen molar-refractivity contribution < 1.29 is 13.2 Å². The summed E-state index contributed by atoms with van der Waals surface area (Å²) in [6, 6.07) is 6.53. The predicted octanol–water partition coefficient (Wildman–Crippen LogP) is 10.0. The Hall–Kier alpha value is -3.59. The van der Waals surface area contributed by atoms with Crippen LogP contribution in [0.1, 0.15) is 79.0 Å². The molecule has 0 bridgehead atoms. The van der Waals surface area contributed by atoms with Gasteiger partial charge in [0, 0.05) is 25.0 Å². The van der Waals surface area contributed by atoms with Crippen LogP contribution in [0, 0.1) is 18.3 Å². The molecular formula is C35H46F3N3. The van der Waals surface area contributed by atoms with Crippen LogP contribution in [0.25, 0.3) is 0 Å². The van der Waals surface area contributed by atoms with Crippen molar-refractivity contribution in [3.63, 3.8) is 0 Å². The number of nitrogens with zero attached hydrogens (tertiary/aromatic N) is 3. The number of alkyl halides is 3. The normalized spacial score (nSPS) is 16.3. The van der Waals surface area contributed by atoms with E-state index in [1.165, 1.54) is 18.1 Å². The smallest absolute Gasteiger partial charge is 0.372 e. The Morgan fingerprint density at radius 1 is 1.12 bits per heavy atom. The molecule has 1 saturated heterocycles. The first-order chi connectivity index (χ1) is 19.3. The molecule has 0 aromatic carbocycles. The molecule has 0 atom stereocenters. The SMILES string of the molecule is C=C(C(C)=C(C)C)N1CCC(C#N)(c2ncccc2C)CC1.C=C(C)/C(=C\C(=C/C)C1=CCC=C1)C(F)(F)F.CC. The highest BCUT2D eigenvalue weighted by Crippen LogP contribution is 2.37. The van der Waals surface area contributed by atoms with Gasteiger partial charge in [-0.25, -0.2) is 0 Å². The van der Waals surface area contributed by atoms with Crippen LogP contribution in [0.15, 0.2) is 101 Å². The average molecular weight is 566 g/mol. The highest BCUT2D eigenvalue weighted by atomic mass is 19.4. The minimum atomic E-state index is -4.36. The molecule has 0 amide bonds. The van der Waals surface area contributed by atoms with Crippen LogP contribution in [0.2, 0.25) is 0 Å². The van der Waals surface area contributed by atoms with Crippen molar-refractivity contribution in [3.05, 3.63) is 112 Å². The van der Waals surface area contributed by atoms with E-state index in [2.05, 4.69) is 49.9 Å². The van der Waals surface area contributed by atoms with E-state index in [0.717, 1.165) is 61.0 Å². The standard InChI is InChI=1S/C19H25N3.C14H15F3.C2H6/c1-14(2)16(4)17(5)22-11-8-19(13-20,9-12-22)18-15(3)7-6-10-21-18;1-4-11(12-7-5-6-8-12)9-13(10(2)3)14(15,16)17;1-2/h6-7,10H,5,8-9,11-12H2,1-4H3;4-5,7-9H,2,6H2,1,3H3;1-2H3/b;11-4+,13-9+;. The van der Waals surface area contributed by atoms with E-state index < -0.39 is 17.2 Å².